The summed E-state index contributed by atoms with van der Waals surface area (Å²) in [6.07, 6.45) is 3.65. The van der Waals surface area contributed by atoms with Gasteiger partial charge in [-0.1, -0.05) is 6.92 Å². The van der Waals surface area contributed by atoms with Gasteiger partial charge in [-0.05, 0) is 18.6 Å². The van der Waals surface area contributed by atoms with Crippen molar-refractivity contribution in [3.05, 3.63) is 53.1 Å². The van der Waals surface area contributed by atoms with Crippen molar-refractivity contribution in [3.8, 4) is 0 Å². The summed E-state index contributed by atoms with van der Waals surface area (Å²) in [6, 6.07) is 1.36. The second-order valence-electron chi connectivity index (χ2n) is 4.08. The minimum Gasteiger partial charge on any atom is -0.288 e. The smallest absolute Gasteiger partial charge is 0.196 e. The van der Waals surface area contributed by atoms with Gasteiger partial charge in [0.15, 0.2) is 23.2 Å². The van der Waals surface area contributed by atoms with Gasteiger partial charge in [0, 0.05) is 18.3 Å². The molecule has 0 spiro atoms. The van der Waals surface area contributed by atoms with Crippen LogP contribution in [0, 0.1) is 17.5 Å². The lowest BCUT2D eigenvalue weighted by Gasteiger charge is -2.01. The Bertz CT molecular complexity index is 599. The molecule has 0 bridgehead atoms. The molecule has 0 saturated heterocycles. The molecule has 0 aliphatic carbocycles. The van der Waals surface area contributed by atoms with Gasteiger partial charge in [0.05, 0.1) is 11.8 Å². The first-order valence-electron chi connectivity index (χ1n) is 5.74. The number of ketones is 1. The van der Waals surface area contributed by atoms with E-state index in [4.69, 9.17) is 0 Å². The molecule has 0 aliphatic rings. The molecule has 0 fully saturated rings. The number of hydrogen-bond acceptors (Lipinski definition) is 2. The van der Waals surface area contributed by atoms with Crippen molar-refractivity contribution in [1.29, 1.82) is 0 Å². The fourth-order valence-electron chi connectivity index (χ4n) is 1.69. The molecule has 0 aliphatic heterocycles. The lowest BCUT2D eigenvalue weighted by atomic mass is 10.1. The number of hydrogen-bond donors (Lipinski definition) is 0. The monoisotopic (exact) mass is 268 g/mol. The number of nitrogens with zero attached hydrogens (tertiary/aromatic N) is 2. The average Bonchev–Trinajstić information content (AvgIpc) is 2.83. The average molecular weight is 268 g/mol. The summed E-state index contributed by atoms with van der Waals surface area (Å²) >= 11 is 0. The molecule has 1 aromatic heterocycles. The predicted molar refractivity (Wildman–Crippen MR) is 62.3 cm³/mol. The molecule has 2 aromatic rings. The standard InChI is InChI=1S/C13H11F3N2O/c1-2-3-18-7-9(6-17-18)13(19)8-4-10(14)12(16)11(15)5-8/h4-7H,2-3H2,1H3. The van der Waals surface area contributed by atoms with Crippen LogP contribution in [0.2, 0.25) is 0 Å². The van der Waals surface area contributed by atoms with Crippen molar-refractivity contribution >= 4 is 5.78 Å². The van der Waals surface area contributed by atoms with Crippen molar-refractivity contribution in [1.82, 2.24) is 9.78 Å². The maximum Gasteiger partial charge on any atom is 0.196 e. The van der Waals surface area contributed by atoms with Gasteiger partial charge in [-0.25, -0.2) is 13.2 Å². The van der Waals surface area contributed by atoms with Gasteiger partial charge in [0.25, 0.3) is 0 Å². The summed E-state index contributed by atoms with van der Waals surface area (Å²) in [5.41, 5.74) is -0.0358. The molecular formula is C13H11F3N2O. The van der Waals surface area contributed by atoms with E-state index in [9.17, 15) is 18.0 Å². The number of aromatic nitrogens is 2. The molecule has 0 N–H and O–H groups in total. The Hall–Kier alpha value is -2.11. The number of carbonyl (C=O) groups excluding carboxylic acids is 1. The van der Waals surface area contributed by atoms with E-state index in [0.717, 1.165) is 6.42 Å². The van der Waals surface area contributed by atoms with Gasteiger partial charge in [0.1, 0.15) is 0 Å². The van der Waals surface area contributed by atoms with E-state index in [1.54, 1.807) is 4.68 Å². The van der Waals surface area contributed by atoms with Crippen LogP contribution < -0.4 is 0 Å². The van der Waals surface area contributed by atoms with Crippen molar-refractivity contribution in [2.45, 2.75) is 19.9 Å². The van der Waals surface area contributed by atoms with E-state index >= 15 is 0 Å². The van der Waals surface area contributed by atoms with Crippen LogP contribution in [0.15, 0.2) is 24.5 Å². The summed E-state index contributed by atoms with van der Waals surface area (Å²) in [7, 11) is 0. The summed E-state index contributed by atoms with van der Waals surface area (Å²) in [4.78, 5) is 12.0. The lowest BCUT2D eigenvalue weighted by molar-refractivity contribution is 0.103. The Morgan fingerprint density at radius 1 is 1.21 bits per heavy atom. The maximum atomic E-state index is 13.1. The highest BCUT2D eigenvalue weighted by atomic mass is 19.2. The van der Waals surface area contributed by atoms with Gasteiger partial charge in [-0.2, -0.15) is 5.10 Å². The molecule has 19 heavy (non-hydrogen) atoms. The Morgan fingerprint density at radius 3 is 2.42 bits per heavy atom. The van der Waals surface area contributed by atoms with E-state index in [2.05, 4.69) is 5.10 Å². The minimum absolute atomic E-state index is 0.207. The van der Waals surface area contributed by atoms with Gasteiger partial charge in [0.2, 0.25) is 0 Å². The van der Waals surface area contributed by atoms with Crippen LogP contribution in [0.5, 0.6) is 0 Å². The number of carbonyl (C=O) groups is 1. The largest absolute Gasteiger partial charge is 0.288 e. The zero-order valence-corrected chi connectivity index (χ0v) is 10.2. The van der Waals surface area contributed by atoms with Crippen LogP contribution in [-0.2, 0) is 6.54 Å². The first-order valence-corrected chi connectivity index (χ1v) is 5.74. The second-order valence-corrected chi connectivity index (χ2v) is 4.08. The van der Waals surface area contributed by atoms with Crippen LogP contribution in [0.25, 0.3) is 0 Å². The quantitative estimate of drug-likeness (QED) is 0.631. The van der Waals surface area contributed by atoms with Gasteiger partial charge in [-0.3, -0.25) is 9.48 Å². The summed E-state index contributed by atoms with van der Waals surface area (Å²) in [6.45, 7) is 2.59. The predicted octanol–water partition coefficient (Wildman–Crippen LogP) is 2.94. The second kappa shape index (κ2) is 5.26. The first kappa shape index (κ1) is 13.3. The third-order valence-corrected chi connectivity index (χ3v) is 2.59. The fraction of sp³-hybridized carbons (Fsp3) is 0.231. The van der Waals surface area contributed by atoms with Crippen molar-refractivity contribution < 1.29 is 18.0 Å². The molecule has 0 unspecified atom stereocenters. The van der Waals surface area contributed by atoms with E-state index in [1.807, 2.05) is 6.92 Å². The summed E-state index contributed by atoms with van der Waals surface area (Å²) in [5, 5.41) is 3.95. The van der Waals surface area contributed by atoms with Crippen molar-refractivity contribution in [2.24, 2.45) is 0 Å². The van der Waals surface area contributed by atoms with Crippen LogP contribution in [0.1, 0.15) is 29.3 Å². The van der Waals surface area contributed by atoms with Crippen molar-refractivity contribution in [2.75, 3.05) is 0 Å². The van der Waals surface area contributed by atoms with E-state index in [-0.39, 0.29) is 11.1 Å². The number of aryl methyl sites for hydroxylation is 1. The Kier molecular flexibility index (Phi) is 3.69. The van der Waals surface area contributed by atoms with Crippen LogP contribution in [0.4, 0.5) is 13.2 Å². The Morgan fingerprint density at radius 2 is 1.84 bits per heavy atom. The van der Waals surface area contributed by atoms with Crippen LogP contribution in [-0.4, -0.2) is 15.6 Å². The number of halogens is 3. The molecule has 0 amide bonds. The molecule has 0 radical (unpaired) electrons. The van der Waals surface area contributed by atoms with Crippen LogP contribution in [0.3, 0.4) is 0 Å². The highest BCUT2D eigenvalue weighted by Crippen LogP contribution is 2.16. The minimum atomic E-state index is -1.58. The van der Waals surface area contributed by atoms with Gasteiger partial charge >= 0.3 is 0 Å². The lowest BCUT2D eigenvalue weighted by Crippen LogP contribution is -2.04. The number of benzene rings is 1. The zero-order valence-electron chi connectivity index (χ0n) is 10.2. The molecule has 100 valence electrons. The highest BCUT2D eigenvalue weighted by Gasteiger charge is 2.17. The third-order valence-electron chi connectivity index (χ3n) is 2.59. The molecule has 1 aromatic carbocycles. The molecule has 2 rings (SSSR count). The van der Waals surface area contributed by atoms with Crippen LogP contribution >= 0.6 is 0 Å². The molecule has 6 heteroatoms. The van der Waals surface area contributed by atoms with Gasteiger partial charge in [-0.15, -0.1) is 0 Å². The third kappa shape index (κ3) is 2.67. The zero-order chi connectivity index (χ0) is 14.0. The fourth-order valence-corrected chi connectivity index (χ4v) is 1.69. The van der Waals surface area contributed by atoms with Crippen molar-refractivity contribution in [3.63, 3.8) is 0 Å². The maximum absolute atomic E-state index is 13.1. The summed E-state index contributed by atoms with van der Waals surface area (Å²) in [5.74, 6) is -4.95. The number of rotatable bonds is 4. The Labute approximate surface area is 107 Å². The molecular weight excluding hydrogens is 257 g/mol. The molecule has 0 atom stereocenters. The highest BCUT2D eigenvalue weighted by molar-refractivity contribution is 6.08. The van der Waals surface area contributed by atoms with E-state index < -0.39 is 23.2 Å². The Balaban J connectivity index is 2.33. The summed E-state index contributed by atoms with van der Waals surface area (Å²) < 4.78 is 40.5. The first-order chi connectivity index (χ1) is 9.02. The SMILES string of the molecule is CCCn1cc(C(=O)c2cc(F)c(F)c(F)c2)cn1. The van der Waals surface area contributed by atoms with E-state index in [0.29, 0.717) is 18.7 Å². The molecule has 3 nitrogen and oxygen atoms in total. The van der Waals surface area contributed by atoms with Gasteiger partial charge < -0.3 is 0 Å². The molecule has 0 saturated carbocycles. The van der Waals surface area contributed by atoms with E-state index in [1.165, 1.54) is 12.4 Å². The normalized spacial score (nSPS) is 10.7. The molecule has 1 heterocycles. The topological polar surface area (TPSA) is 34.9 Å².